The minimum Gasteiger partial charge on any atom is -0.359 e. The molecule has 2 aromatic heterocycles. The highest BCUT2D eigenvalue weighted by atomic mass is 35.5. The van der Waals surface area contributed by atoms with Crippen molar-refractivity contribution in [2.24, 2.45) is 0 Å². The second-order valence-electron chi connectivity index (χ2n) is 5.72. The van der Waals surface area contributed by atoms with Gasteiger partial charge in [-0.15, -0.1) is 5.10 Å². The maximum Gasteiger partial charge on any atom is 0.275 e. The Kier molecular flexibility index (Phi) is 4.22. The molecule has 8 heteroatoms. The van der Waals surface area contributed by atoms with Crippen LogP contribution in [-0.4, -0.2) is 39.1 Å². The molecular formula is C16H16ClN5OS. The number of benzene rings is 1. The Morgan fingerprint density at radius 1 is 1.33 bits per heavy atom. The van der Waals surface area contributed by atoms with Crippen molar-refractivity contribution >= 4 is 33.0 Å². The molecule has 0 unspecified atom stereocenters. The quantitative estimate of drug-likeness (QED) is 0.772. The summed E-state index contributed by atoms with van der Waals surface area (Å²) < 4.78 is 1.33. The third-order valence-corrected chi connectivity index (χ3v) is 5.40. The fraction of sp³-hybridized carbons (Fsp3) is 0.312. The van der Waals surface area contributed by atoms with Gasteiger partial charge in [-0.2, -0.15) is 4.52 Å². The van der Waals surface area contributed by atoms with E-state index in [0.29, 0.717) is 10.1 Å². The lowest BCUT2D eigenvalue weighted by Gasteiger charge is -2.29. The highest BCUT2D eigenvalue weighted by Crippen LogP contribution is 2.25. The lowest BCUT2D eigenvalue weighted by molar-refractivity contribution is 0.264. The van der Waals surface area contributed by atoms with Crippen LogP contribution in [0.1, 0.15) is 11.1 Å². The van der Waals surface area contributed by atoms with Gasteiger partial charge in [-0.3, -0.25) is 9.69 Å². The fourth-order valence-corrected chi connectivity index (χ4v) is 4.04. The van der Waals surface area contributed by atoms with Crippen molar-refractivity contribution in [2.45, 2.75) is 13.0 Å². The Morgan fingerprint density at radius 2 is 2.25 bits per heavy atom. The van der Waals surface area contributed by atoms with Gasteiger partial charge < -0.3 is 5.32 Å². The molecular weight excluding hydrogens is 346 g/mol. The van der Waals surface area contributed by atoms with E-state index in [2.05, 4.69) is 26.4 Å². The average Bonchev–Trinajstić information content (AvgIpc) is 2.99. The molecule has 0 saturated carbocycles. The predicted molar refractivity (Wildman–Crippen MR) is 96.1 cm³/mol. The molecule has 1 aliphatic heterocycles. The van der Waals surface area contributed by atoms with E-state index in [1.165, 1.54) is 39.2 Å². The summed E-state index contributed by atoms with van der Waals surface area (Å²) >= 11 is 7.64. The van der Waals surface area contributed by atoms with Crippen LogP contribution >= 0.6 is 22.9 Å². The van der Waals surface area contributed by atoms with Crippen LogP contribution in [0.5, 0.6) is 0 Å². The Balaban J connectivity index is 1.37. The largest absolute Gasteiger partial charge is 0.359 e. The maximum absolute atomic E-state index is 11.7. The summed E-state index contributed by atoms with van der Waals surface area (Å²) in [6.45, 7) is 3.59. The van der Waals surface area contributed by atoms with Gasteiger partial charge in [0.05, 0.1) is 0 Å². The van der Waals surface area contributed by atoms with Gasteiger partial charge in [0, 0.05) is 43.5 Å². The summed E-state index contributed by atoms with van der Waals surface area (Å²) in [7, 11) is 0. The molecule has 0 aliphatic carbocycles. The summed E-state index contributed by atoms with van der Waals surface area (Å²) in [5, 5.41) is 9.13. The van der Waals surface area contributed by atoms with Crippen molar-refractivity contribution in [3.8, 4) is 0 Å². The summed E-state index contributed by atoms with van der Waals surface area (Å²) in [5.74, 6) is 0. The molecule has 3 aromatic rings. The zero-order valence-electron chi connectivity index (χ0n) is 12.9. The number of rotatable bonds is 4. The number of hydrogen-bond donors (Lipinski definition) is 1. The predicted octanol–water partition coefficient (Wildman–Crippen LogP) is 2.27. The van der Waals surface area contributed by atoms with Gasteiger partial charge in [0.1, 0.15) is 0 Å². The molecule has 0 saturated heterocycles. The Bertz CT molecular complexity index is 938. The van der Waals surface area contributed by atoms with E-state index in [9.17, 15) is 4.79 Å². The Labute approximate surface area is 147 Å². The third-order valence-electron chi connectivity index (χ3n) is 4.16. The maximum atomic E-state index is 11.7. The summed E-state index contributed by atoms with van der Waals surface area (Å²) in [6, 6.07) is 7.52. The SMILES string of the molecule is O=c1ccnc2sc(NCCN3CCc4c(Cl)cccc4C3)nn12. The van der Waals surface area contributed by atoms with Crippen LogP contribution < -0.4 is 10.9 Å². The van der Waals surface area contributed by atoms with Crippen molar-refractivity contribution < 1.29 is 0 Å². The lowest BCUT2D eigenvalue weighted by atomic mass is 10.00. The third kappa shape index (κ3) is 3.02. The molecule has 1 aliphatic rings. The first-order valence-electron chi connectivity index (χ1n) is 7.78. The second-order valence-corrected chi connectivity index (χ2v) is 7.08. The molecule has 0 fully saturated rings. The van der Waals surface area contributed by atoms with Crippen molar-refractivity contribution in [3.63, 3.8) is 0 Å². The van der Waals surface area contributed by atoms with Gasteiger partial charge >= 0.3 is 0 Å². The lowest BCUT2D eigenvalue weighted by Crippen LogP contribution is -2.34. The Hall–Kier alpha value is -1.96. The number of nitrogens with one attached hydrogen (secondary N) is 1. The molecule has 0 spiro atoms. The monoisotopic (exact) mass is 361 g/mol. The van der Waals surface area contributed by atoms with Crippen molar-refractivity contribution in [2.75, 3.05) is 25.0 Å². The zero-order chi connectivity index (χ0) is 16.5. The van der Waals surface area contributed by atoms with Gasteiger partial charge in [-0.1, -0.05) is 35.1 Å². The standard InChI is InChI=1S/C16H16ClN5OS/c17-13-3-1-2-11-10-21(8-5-12(11)13)9-7-18-15-20-22-14(23)4-6-19-16(22)24-15/h1-4,6H,5,7-10H2,(H,18,20). The molecule has 0 radical (unpaired) electrons. The summed E-state index contributed by atoms with van der Waals surface area (Å²) in [4.78, 5) is 18.8. The van der Waals surface area contributed by atoms with Crippen molar-refractivity contribution in [1.82, 2.24) is 19.5 Å². The molecule has 0 atom stereocenters. The van der Waals surface area contributed by atoms with E-state index in [0.717, 1.165) is 37.6 Å². The van der Waals surface area contributed by atoms with E-state index in [1.807, 2.05) is 12.1 Å². The average molecular weight is 362 g/mol. The highest BCUT2D eigenvalue weighted by Gasteiger charge is 2.17. The molecule has 0 bridgehead atoms. The van der Waals surface area contributed by atoms with E-state index in [-0.39, 0.29) is 5.56 Å². The van der Waals surface area contributed by atoms with Gasteiger partial charge in [0.2, 0.25) is 10.1 Å². The number of fused-ring (bicyclic) bond motifs is 2. The van der Waals surface area contributed by atoms with Gasteiger partial charge in [0.25, 0.3) is 5.56 Å². The molecule has 1 aromatic carbocycles. The normalized spacial score (nSPS) is 14.7. The molecule has 124 valence electrons. The highest BCUT2D eigenvalue weighted by molar-refractivity contribution is 7.20. The van der Waals surface area contributed by atoms with Crippen LogP contribution in [0.3, 0.4) is 0 Å². The van der Waals surface area contributed by atoms with Crippen LogP contribution in [0.2, 0.25) is 5.02 Å². The zero-order valence-corrected chi connectivity index (χ0v) is 14.5. The van der Waals surface area contributed by atoms with E-state index in [1.54, 1.807) is 0 Å². The molecule has 0 amide bonds. The fourth-order valence-electron chi connectivity index (χ4n) is 2.95. The molecule has 4 rings (SSSR count). The van der Waals surface area contributed by atoms with Crippen LogP contribution in [0, 0.1) is 0 Å². The minimum atomic E-state index is -0.159. The van der Waals surface area contributed by atoms with E-state index in [4.69, 9.17) is 11.6 Å². The number of hydrogen-bond acceptors (Lipinski definition) is 6. The first kappa shape index (κ1) is 15.6. The molecule has 24 heavy (non-hydrogen) atoms. The summed E-state index contributed by atoms with van der Waals surface area (Å²) in [5.41, 5.74) is 2.43. The molecule has 6 nitrogen and oxygen atoms in total. The van der Waals surface area contributed by atoms with Crippen LogP contribution in [0.15, 0.2) is 35.3 Å². The number of aromatic nitrogens is 3. The first-order valence-corrected chi connectivity index (χ1v) is 8.97. The van der Waals surface area contributed by atoms with Gasteiger partial charge in [-0.05, 0) is 23.6 Å². The van der Waals surface area contributed by atoms with E-state index < -0.39 is 0 Å². The number of nitrogens with zero attached hydrogens (tertiary/aromatic N) is 4. The van der Waals surface area contributed by atoms with Crippen LogP contribution in [0.25, 0.3) is 4.96 Å². The van der Waals surface area contributed by atoms with Gasteiger partial charge in [0.15, 0.2) is 0 Å². The topological polar surface area (TPSA) is 62.5 Å². The smallest absolute Gasteiger partial charge is 0.275 e. The molecule has 1 N–H and O–H groups in total. The Morgan fingerprint density at radius 3 is 3.12 bits per heavy atom. The number of halogens is 1. The van der Waals surface area contributed by atoms with Crippen LogP contribution in [0.4, 0.5) is 5.13 Å². The summed E-state index contributed by atoms with van der Waals surface area (Å²) in [6.07, 6.45) is 2.49. The van der Waals surface area contributed by atoms with Crippen molar-refractivity contribution in [3.05, 3.63) is 57.0 Å². The van der Waals surface area contributed by atoms with Crippen LogP contribution in [-0.2, 0) is 13.0 Å². The van der Waals surface area contributed by atoms with Gasteiger partial charge in [-0.25, -0.2) is 4.98 Å². The molecule has 3 heterocycles. The van der Waals surface area contributed by atoms with E-state index >= 15 is 0 Å². The second kappa shape index (κ2) is 6.51. The number of anilines is 1. The van der Waals surface area contributed by atoms with Crippen molar-refractivity contribution in [1.29, 1.82) is 0 Å². The minimum absolute atomic E-state index is 0.159. The first-order chi connectivity index (χ1) is 11.7.